The van der Waals surface area contributed by atoms with Gasteiger partial charge in [0.05, 0.1) is 19.3 Å². The summed E-state index contributed by atoms with van der Waals surface area (Å²) in [5.74, 6) is -5.26. The Hall–Kier alpha value is -3.83. The van der Waals surface area contributed by atoms with Crippen molar-refractivity contribution in [2.24, 2.45) is 29.4 Å². The highest BCUT2D eigenvalue weighted by Gasteiger charge is 2.37. The summed E-state index contributed by atoms with van der Waals surface area (Å²) in [5.41, 5.74) is 4.48. The standard InChI is InChI=1S/C38H69N7O10/c1-21(2)15-25(39)31(46)40-26(16-22(3)4)32(47)42-29-19-54-13-11-12-14-55-20-30(36(51)52)43-33(48)27(17-23(5)6)41-34(49)28(18-24(7)8)44-37(53)38(9,10)45-35(29)50/h21-30H,11-20,39H2,1-10H3,(H,40,46)(H,41,49)(H,42,47)(H,43,48)(H,44,53)(H,45,50)(H,51,52)/t25-,26-,27-,28-,29+,30+/m0/s1. The SMILES string of the molecule is CC(C)C[C@@H]1NC(=O)[C@H](CC(C)C)NC(=O)C(C)(C)NC(=O)[C@H](NC(=O)[C@H](CC(C)C)NC(=O)[C@@H](N)CC(C)C)COCCCCOC[C@H](C(=O)O)NC1=O. The molecule has 0 aromatic heterocycles. The van der Waals surface area contributed by atoms with Gasteiger partial charge in [-0.2, -0.15) is 0 Å². The maximum absolute atomic E-state index is 13.8. The fourth-order valence-electron chi connectivity index (χ4n) is 5.78. The van der Waals surface area contributed by atoms with Crippen molar-refractivity contribution in [2.45, 2.75) is 150 Å². The van der Waals surface area contributed by atoms with Crippen molar-refractivity contribution in [1.82, 2.24) is 31.9 Å². The summed E-state index contributed by atoms with van der Waals surface area (Å²) in [4.78, 5) is 93.2. The van der Waals surface area contributed by atoms with Crippen LogP contribution in [0.2, 0.25) is 0 Å². The Labute approximate surface area is 326 Å². The van der Waals surface area contributed by atoms with Gasteiger partial charge < -0.3 is 52.2 Å². The number of nitrogens with one attached hydrogen (secondary N) is 6. The summed E-state index contributed by atoms with van der Waals surface area (Å²) in [5, 5.41) is 25.7. The van der Waals surface area contributed by atoms with E-state index in [4.69, 9.17) is 15.2 Å². The van der Waals surface area contributed by atoms with E-state index in [1.165, 1.54) is 13.8 Å². The molecule has 0 radical (unpaired) electrons. The molecule has 316 valence electrons. The van der Waals surface area contributed by atoms with Gasteiger partial charge in [-0.15, -0.1) is 0 Å². The van der Waals surface area contributed by atoms with Gasteiger partial charge >= 0.3 is 5.97 Å². The van der Waals surface area contributed by atoms with E-state index in [-0.39, 0.29) is 69.4 Å². The van der Waals surface area contributed by atoms with Crippen molar-refractivity contribution in [1.29, 1.82) is 0 Å². The first-order valence-corrected chi connectivity index (χ1v) is 19.5. The largest absolute Gasteiger partial charge is 0.480 e. The topological polar surface area (TPSA) is 256 Å². The fraction of sp³-hybridized carbons (Fsp3) is 0.816. The second kappa shape index (κ2) is 23.9. The number of hydrogen-bond donors (Lipinski definition) is 8. The molecule has 55 heavy (non-hydrogen) atoms. The predicted octanol–water partition coefficient (Wildman–Crippen LogP) is 0.729. The molecule has 0 unspecified atom stereocenters. The first-order valence-electron chi connectivity index (χ1n) is 19.5. The predicted molar refractivity (Wildman–Crippen MR) is 206 cm³/mol. The lowest BCUT2D eigenvalue weighted by atomic mass is 9.98. The Bertz CT molecular complexity index is 1290. The highest BCUT2D eigenvalue weighted by molar-refractivity contribution is 5.98. The number of carbonyl (C=O) groups excluding carboxylic acids is 6. The molecule has 0 bridgehead atoms. The summed E-state index contributed by atoms with van der Waals surface area (Å²) in [6.07, 6.45) is 1.93. The first kappa shape index (κ1) is 49.2. The van der Waals surface area contributed by atoms with Gasteiger partial charge in [0, 0.05) is 13.2 Å². The molecule has 17 heteroatoms. The molecule has 1 heterocycles. The second-order valence-corrected chi connectivity index (χ2v) is 16.7. The minimum absolute atomic E-state index is 0.00768. The summed E-state index contributed by atoms with van der Waals surface area (Å²) in [7, 11) is 0. The zero-order valence-electron chi connectivity index (χ0n) is 34.5. The zero-order valence-corrected chi connectivity index (χ0v) is 34.5. The Morgan fingerprint density at radius 3 is 1.76 bits per heavy atom. The van der Waals surface area contributed by atoms with Crippen molar-refractivity contribution in [2.75, 3.05) is 26.4 Å². The molecule has 0 aliphatic carbocycles. The van der Waals surface area contributed by atoms with Gasteiger partial charge in [-0.05, 0) is 76.0 Å². The van der Waals surface area contributed by atoms with Crippen LogP contribution in [-0.4, -0.2) is 115 Å². The van der Waals surface area contributed by atoms with Crippen LogP contribution in [-0.2, 0) is 43.0 Å². The van der Waals surface area contributed by atoms with E-state index in [1.807, 2.05) is 55.4 Å². The quantitative estimate of drug-likeness (QED) is 0.129. The van der Waals surface area contributed by atoms with Crippen LogP contribution in [0.25, 0.3) is 0 Å². The lowest BCUT2D eigenvalue weighted by Gasteiger charge is -2.31. The Balaban J connectivity index is 3.45. The van der Waals surface area contributed by atoms with Crippen molar-refractivity contribution in [3.05, 3.63) is 0 Å². The van der Waals surface area contributed by atoms with Crippen LogP contribution in [0, 0.1) is 23.7 Å². The maximum Gasteiger partial charge on any atom is 0.328 e. The van der Waals surface area contributed by atoms with E-state index >= 15 is 0 Å². The molecule has 0 saturated carbocycles. The minimum atomic E-state index is -1.61. The van der Waals surface area contributed by atoms with Gasteiger partial charge in [-0.1, -0.05) is 55.4 Å². The van der Waals surface area contributed by atoms with Crippen LogP contribution in [0.4, 0.5) is 0 Å². The number of ether oxygens (including phenoxy) is 2. The molecule has 1 aliphatic rings. The molecule has 0 aromatic rings. The third-order valence-corrected chi connectivity index (χ3v) is 8.72. The molecule has 1 saturated heterocycles. The first-order chi connectivity index (χ1) is 25.5. The van der Waals surface area contributed by atoms with Crippen LogP contribution in [0.1, 0.15) is 108 Å². The molecule has 17 nitrogen and oxygen atoms in total. The molecule has 9 N–H and O–H groups in total. The van der Waals surface area contributed by atoms with Crippen molar-refractivity contribution in [3.8, 4) is 0 Å². The second-order valence-electron chi connectivity index (χ2n) is 16.7. The van der Waals surface area contributed by atoms with Crippen LogP contribution >= 0.6 is 0 Å². The van der Waals surface area contributed by atoms with Crippen LogP contribution in [0.15, 0.2) is 0 Å². The van der Waals surface area contributed by atoms with Gasteiger partial charge in [-0.3, -0.25) is 28.8 Å². The van der Waals surface area contributed by atoms with E-state index in [9.17, 15) is 38.7 Å². The van der Waals surface area contributed by atoms with Gasteiger partial charge in [0.25, 0.3) is 0 Å². The molecule has 6 atom stereocenters. The average molecular weight is 784 g/mol. The molecular weight excluding hydrogens is 714 g/mol. The van der Waals surface area contributed by atoms with Crippen molar-refractivity contribution >= 4 is 41.4 Å². The Morgan fingerprint density at radius 1 is 0.745 bits per heavy atom. The summed E-state index contributed by atoms with van der Waals surface area (Å²) >= 11 is 0. The molecule has 6 amide bonds. The van der Waals surface area contributed by atoms with Crippen LogP contribution < -0.4 is 37.6 Å². The van der Waals surface area contributed by atoms with Gasteiger partial charge in [0.15, 0.2) is 6.04 Å². The number of amides is 6. The van der Waals surface area contributed by atoms with E-state index in [0.717, 1.165) is 0 Å². The number of nitrogens with two attached hydrogens (primary N) is 1. The number of carbonyl (C=O) groups is 7. The number of aliphatic carboxylic acids is 1. The smallest absolute Gasteiger partial charge is 0.328 e. The molecule has 1 fully saturated rings. The van der Waals surface area contributed by atoms with Crippen LogP contribution in [0.3, 0.4) is 0 Å². The van der Waals surface area contributed by atoms with E-state index < -0.39 is 83.2 Å². The van der Waals surface area contributed by atoms with Crippen molar-refractivity contribution in [3.63, 3.8) is 0 Å². The van der Waals surface area contributed by atoms with Crippen LogP contribution in [0.5, 0.6) is 0 Å². The lowest BCUT2D eigenvalue weighted by Crippen LogP contribution is -2.64. The lowest BCUT2D eigenvalue weighted by molar-refractivity contribution is -0.144. The Morgan fingerprint density at radius 2 is 1.25 bits per heavy atom. The molecule has 1 rings (SSSR count). The third kappa shape index (κ3) is 19.1. The Kier molecular flexibility index (Phi) is 21.4. The summed E-state index contributed by atoms with van der Waals surface area (Å²) in [6.45, 7) is 17.6. The minimum Gasteiger partial charge on any atom is -0.480 e. The highest BCUT2D eigenvalue weighted by atomic mass is 16.5. The molecular formula is C38H69N7O10. The summed E-state index contributed by atoms with van der Waals surface area (Å²) in [6, 6.07) is -6.75. The van der Waals surface area contributed by atoms with Gasteiger partial charge in [0.1, 0.15) is 29.7 Å². The maximum atomic E-state index is 13.8. The number of hydrogen-bond acceptors (Lipinski definition) is 10. The van der Waals surface area contributed by atoms with E-state index in [0.29, 0.717) is 19.3 Å². The molecule has 1 aliphatic heterocycles. The summed E-state index contributed by atoms with van der Waals surface area (Å²) < 4.78 is 11.3. The molecule has 0 spiro atoms. The monoisotopic (exact) mass is 784 g/mol. The highest BCUT2D eigenvalue weighted by Crippen LogP contribution is 2.13. The van der Waals surface area contributed by atoms with Gasteiger partial charge in [-0.25, -0.2) is 4.79 Å². The van der Waals surface area contributed by atoms with Crippen molar-refractivity contribution < 1.29 is 48.1 Å². The fourth-order valence-corrected chi connectivity index (χ4v) is 5.78. The van der Waals surface area contributed by atoms with E-state index in [1.54, 1.807) is 0 Å². The molecule has 0 aromatic carbocycles. The van der Waals surface area contributed by atoms with E-state index in [2.05, 4.69) is 31.9 Å². The number of rotatable bonds is 13. The number of carboxylic acid groups (broad SMARTS) is 1. The average Bonchev–Trinajstić information content (AvgIpc) is 3.05. The zero-order chi connectivity index (χ0) is 42.0. The normalized spacial score (nSPS) is 23.8. The third-order valence-electron chi connectivity index (χ3n) is 8.72. The van der Waals surface area contributed by atoms with Gasteiger partial charge in [0.2, 0.25) is 35.4 Å². The number of carboxylic acids is 1.